The SMILES string of the molecule is COc1ccc2cc(C(=O)C3CCCO3)ccc2c1. The third-order valence-electron chi connectivity index (χ3n) is 3.55. The summed E-state index contributed by atoms with van der Waals surface area (Å²) in [5, 5.41) is 2.12. The molecule has 1 unspecified atom stereocenters. The first kappa shape index (κ1) is 12.2. The minimum absolute atomic E-state index is 0.0928. The van der Waals surface area contributed by atoms with Gasteiger partial charge in [0.1, 0.15) is 11.9 Å². The van der Waals surface area contributed by atoms with Gasteiger partial charge in [-0.05, 0) is 41.8 Å². The number of hydrogen-bond acceptors (Lipinski definition) is 3. The van der Waals surface area contributed by atoms with Gasteiger partial charge in [0, 0.05) is 12.2 Å². The van der Waals surface area contributed by atoms with Gasteiger partial charge in [-0.1, -0.05) is 18.2 Å². The molecule has 0 bridgehead atoms. The van der Waals surface area contributed by atoms with Crippen LogP contribution in [0.25, 0.3) is 10.8 Å². The standard InChI is InChI=1S/C16H16O3/c1-18-14-7-6-11-9-13(5-4-12(11)10-14)16(17)15-3-2-8-19-15/h4-7,9-10,15H,2-3,8H2,1H3. The van der Waals surface area contributed by atoms with Gasteiger partial charge in [-0.3, -0.25) is 4.79 Å². The van der Waals surface area contributed by atoms with Crippen molar-refractivity contribution in [2.45, 2.75) is 18.9 Å². The van der Waals surface area contributed by atoms with E-state index in [1.165, 1.54) is 0 Å². The van der Waals surface area contributed by atoms with E-state index in [1.54, 1.807) is 7.11 Å². The Kier molecular flexibility index (Phi) is 3.22. The minimum Gasteiger partial charge on any atom is -0.497 e. The summed E-state index contributed by atoms with van der Waals surface area (Å²) in [6, 6.07) is 11.6. The van der Waals surface area contributed by atoms with Gasteiger partial charge in [0.15, 0.2) is 5.78 Å². The van der Waals surface area contributed by atoms with E-state index in [-0.39, 0.29) is 11.9 Å². The molecule has 1 saturated heterocycles. The zero-order valence-electron chi connectivity index (χ0n) is 10.9. The van der Waals surface area contributed by atoms with E-state index in [0.717, 1.165) is 34.9 Å². The summed E-state index contributed by atoms with van der Waals surface area (Å²) in [4.78, 5) is 12.3. The van der Waals surface area contributed by atoms with E-state index < -0.39 is 0 Å². The fraction of sp³-hybridized carbons (Fsp3) is 0.312. The fourth-order valence-electron chi connectivity index (χ4n) is 2.47. The predicted octanol–water partition coefficient (Wildman–Crippen LogP) is 3.21. The molecule has 98 valence electrons. The molecule has 3 rings (SSSR count). The molecule has 1 atom stereocenters. The summed E-state index contributed by atoms with van der Waals surface area (Å²) in [7, 11) is 1.65. The van der Waals surface area contributed by atoms with Crippen LogP contribution in [0.15, 0.2) is 36.4 Å². The molecule has 0 amide bonds. The molecule has 0 radical (unpaired) electrons. The van der Waals surface area contributed by atoms with Crippen LogP contribution in [0.1, 0.15) is 23.2 Å². The maximum Gasteiger partial charge on any atom is 0.191 e. The Labute approximate surface area is 112 Å². The average molecular weight is 256 g/mol. The molecule has 0 N–H and O–H groups in total. The lowest BCUT2D eigenvalue weighted by Crippen LogP contribution is -2.19. The highest BCUT2D eigenvalue weighted by molar-refractivity contribution is 6.02. The Morgan fingerprint density at radius 1 is 1.21 bits per heavy atom. The summed E-state index contributed by atoms with van der Waals surface area (Å²) in [5.41, 5.74) is 0.726. The van der Waals surface area contributed by atoms with Crippen molar-refractivity contribution < 1.29 is 14.3 Å². The molecule has 1 aliphatic heterocycles. The maximum absolute atomic E-state index is 12.3. The number of ether oxygens (including phenoxy) is 2. The first-order valence-corrected chi connectivity index (χ1v) is 6.51. The first-order chi connectivity index (χ1) is 9.28. The highest BCUT2D eigenvalue weighted by Crippen LogP contribution is 2.24. The molecular formula is C16H16O3. The van der Waals surface area contributed by atoms with Crippen molar-refractivity contribution >= 4 is 16.6 Å². The summed E-state index contributed by atoms with van der Waals surface area (Å²) >= 11 is 0. The van der Waals surface area contributed by atoms with Crippen LogP contribution >= 0.6 is 0 Å². The normalized spacial score (nSPS) is 18.7. The van der Waals surface area contributed by atoms with Gasteiger partial charge in [-0.15, -0.1) is 0 Å². The second-order valence-corrected chi connectivity index (χ2v) is 4.79. The van der Waals surface area contributed by atoms with Crippen LogP contribution in [-0.4, -0.2) is 25.6 Å². The lowest BCUT2D eigenvalue weighted by molar-refractivity contribution is 0.0643. The van der Waals surface area contributed by atoms with Gasteiger partial charge in [-0.25, -0.2) is 0 Å². The zero-order chi connectivity index (χ0) is 13.2. The van der Waals surface area contributed by atoms with Crippen molar-refractivity contribution in [2.24, 2.45) is 0 Å². The number of fused-ring (bicyclic) bond motifs is 1. The number of rotatable bonds is 3. The number of methoxy groups -OCH3 is 1. The Balaban J connectivity index is 1.95. The Morgan fingerprint density at radius 3 is 2.74 bits per heavy atom. The molecular weight excluding hydrogens is 240 g/mol. The minimum atomic E-state index is -0.254. The van der Waals surface area contributed by atoms with E-state index in [1.807, 2.05) is 36.4 Å². The number of ketones is 1. The largest absolute Gasteiger partial charge is 0.497 e. The van der Waals surface area contributed by atoms with Crippen LogP contribution in [-0.2, 0) is 4.74 Å². The lowest BCUT2D eigenvalue weighted by Gasteiger charge is -2.09. The molecule has 2 aromatic carbocycles. The second-order valence-electron chi connectivity index (χ2n) is 4.79. The first-order valence-electron chi connectivity index (χ1n) is 6.51. The van der Waals surface area contributed by atoms with Crippen LogP contribution in [0, 0.1) is 0 Å². The molecule has 19 heavy (non-hydrogen) atoms. The average Bonchev–Trinajstić information content (AvgIpc) is 2.99. The molecule has 2 aromatic rings. The third kappa shape index (κ3) is 2.34. The highest BCUT2D eigenvalue weighted by Gasteiger charge is 2.24. The monoisotopic (exact) mass is 256 g/mol. The predicted molar refractivity (Wildman–Crippen MR) is 73.8 cm³/mol. The van der Waals surface area contributed by atoms with Crippen LogP contribution in [0.2, 0.25) is 0 Å². The van der Waals surface area contributed by atoms with Gasteiger partial charge in [-0.2, -0.15) is 0 Å². The van der Waals surface area contributed by atoms with Gasteiger partial charge in [0.2, 0.25) is 0 Å². The fourth-order valence-corrected chi connectivity index (χ4v) is 2.47. The molecule has 0 aliphatic carbocycles. The van der Waals surface area contributed by atoms with Crippen molar-refractivity contribution in [3.05, 3.63) is 42.0 Å². The van der Waals surface area contributed by atoms with Gasteiger partial charge >= 0.3 is 0 Å². The molecule has 3 nitrogen and oxygen atoms in total. The summed E-state index contributed by atoms with van der Waals surface area (Å²) in [6.07, 6.45) is 1.55. The Bertz CT molecular complexity index is 612. The molecule has 1 fully saturated rings. The number of benzene rings is 2. The van der Waals surface area contributed by atoms with E-state index in [0.29, 0.717) is 6.61 Å². The van der Waals surface area contributed by atoms with E-state index >= 15 is 0 Å². The van der Waals surface area contributed by atoms with E-state index in [4.69, 9.17) is 9.47 Å². The number of carbonyl (C=O) groups is 1. The molecule has 0 saturated carbocycles. The van der Waals surface area contributed by atoms with Crippen molar-refractivity contribution in [2.75, 3.05) is 13.7 Å². The molecule has 1 heterocycles. The number of Topliss-reactive ketones (excluding diaryl/α,β-unsaturated/α-hetero) is 1. The van der Waals surface area contributed by atoms with Crippen molar-refractivity contribution in [1.29, 1.82) is 0 Å². The van der Waals surface area contributed by atoms with Gasteiger partial charge in [0.25, 0.3) is 0 Å². The molecule has 1 aliphatic rings. The molecule has 0 aromatic heterocycles. The summed E-state index contributed by atoms with van der Waals surface area (Å²) < 4.78 is 10.6. The van der Waals surface area contributed by atoms with E-state index in [2.05, 4.69) is 0 Å². The van der Waals surface area contributed by atoms with Crippen LogP contribution in [0.5, 0.6) is 5.75 Å². The van der Waals surface area contributed by atoms with Crippen molar-refractivity contribution in [1.82, 2.24) is 0 Å². The summed E-state index contributed by atoms with van der Waals surface area (Å²) in [5.74, 6) is 0.918. The Hall–Kier alpha value is -1.87. The second kappa shape index (κ2) is 5.02. The van der Waals surface area contributed by atoms with Gasteiger partial charge in [0.05, 0.1) is 7.11 Å². The maximum atomic E-state index is 12.3. The quantitative estimate of drug-likeness (QED) is 0.791. The van der Waals surface area contributed by atoms with E-state index in [9.17, 15) is 4.79 Å². The lowest BCUT2D eigenvalue weighted by atomic mass is 10.0. The third-order valence-corrected chi connectivity index (χ3v) is 3.55. The van der Waals surface area contributed by atoms with Crippen LogP contribution in [0.4, 0.5) is 0 Å². The number of carbonyl (C=O) groups excluding carboxylic acids is 1. The van der Waals surface area contributed by atoms with Crippen molar-refractivity contribution in [3.63, 3.8) is 0 Å². The van der Waals surface area contributed by atoms with Crippen molar-refractivity contribution in [3.8, 4) is 5.75 Å². The zero-order valence-corrected chi connectivity index (χ0v) is 10.9. The summed E-state index contributed by atoms with van der Waals surface area (Å²) in [6.45, 7) is 0.696. The topological polar surface area (TPSA) is 35.5 Å². The molecule has 0 spiro atoms. The Morgan fingerprint density at radius 2 is 2.00 bits per heavy atom. The van der Waals surface area contributed by atoms with Gasteiger partial charge < -0.3 is 9.47 Å². The smallest absolute Gasteiger partial charge is 0.191 e. The number of hydrogen-bond donors (Lipinski definition) is 0. The van der Waals surface area contributed by atoms with Crippen LogP contribution < -0.4 is 4.74 Å². The highest BCUT2D eigenvalue weighted by atomic mass is 16.5. The molecule has 3 heteroatoms. The van der Waals surface area contributed by atoms with Crippen LogP contribution in [0.3, 0.4) is 0 Å².